The van der Waals surface area contributed by atoms with Gasteiger partial charge in [-0.25, -0.2) is 9.59 Å². The van der Waals surface area contributed by atoms with Gasteiger partial charge in [0.15, 0.2) is 0 Å². The van der Waals surface area contributed by atoms with Gasteiger partial charge in [0.2, 0.25) is 0 Å². The van der Waals surface area contributed by atoms with E-state index in [-0.39, 0.29) is 23.7 Å². The third-order valence-corrected chi connectivity index (χ3v) is 3.33. The number of alkyl carbamates (subject to hydrolysis) is 1. The maximum atomic E-state index is 11.9. The molecule has 1 amide bonds. The van der Waals surface area contributed by atoms with E-state index < -0.39 is 17.0 Å². The first kappa shape index (κ1) is 19.4. The molecule has 9 nitrogen and oxygen atoms in total. The highest BCUT2D eigenvalue weighted by atomic mass is 16.6. The molecule has 0 fully saturated rings. The second kappa shape index (κ2) is 9.56. The Bertz CT molecular complexity index is 851. The van der Waals surface area contributed by atoms with Gasteiger partial charge in [-0.2, -0.15) is 0 Å². The number of nitro benzene ring substituents is 1. The maximum Gasteiger partial charge on any atom is 0.412 e. The molecule has 0 heterocycles. The van der Waals surface area contributed by atoms with Gasteiger partial charge in [-0.05, 0) is 11.6 Å². The number of anilines is 1. The fourth-order valence-corrected chi connectivity index (χ4v) is 2.03. The Hall–Kier alpha value is -3.88. The number of benzene rings is 2. The number of nitro groups is 1. The van der Waals surface area contributed by atoms with Crippen LogP contribution in [0.3, 0.4) is 0 Å². The molecule has 9 heteroatoms. The number of carbonyl (C=O) groups excluding carboxylic acids is 2. The van der Waals surface area contributed by atoms with Crippen LogP contribution in [0.4, 0.5) is 16.2 Å². The van der Waals surface area contributed by atoms with Gasteiger partial charge in [0.05, 0.1) is 12.0 Å². The third-order valence-electron chi connectivity index (χ3n) is 3.33. The van der Waals surface area contributed by atoms with E-state index in [2.05, 4.69) is 15.4 Å². The maximum absolute atomic E-state index is 11.9. The molecule has 0 aliphatic heterocycles. The summed E-state index contributed by atoms with van der Waals surface area (Å²) in [5.74, 6) is -0.849. The zero-order chi connectivity index (χ0) is 19.6. The SMILES string of the molecule is COC(=O)/C(=C\Nc1ccccc1[N+](=O)[O-])NC(=O)OCc1ccccc1. The molecular weight excluding hydrogens is 354 g/mol. The minimum absolute atomic E-state index is 0.0126. The summed E-state index contributed by atoms with van der Waals surface area (Å²) >= 11 is 0. The molecule has 2 aromatic carbocycles. The van der Waals surface area contributed by atoms with Crippen molar-refractivity contribution < 1.29 is 24.0 Å². The van der Waals surface area contributed by atoms with Gasteiger partial charge in [-0.1, -0.05) is 42.5 Å². The standard InChI is InChI=1S/C18H17N3O6/c1-26-17(22)15(11-19-14-9-5-6-10-16(14)21(24)25)20-18(23)27-12-13-7-3-2-4-8-13/h2-11,19H,12H2,1H3,(H,20,23)/b15-11+. The molecule has 0 aliphatic rings. The fourth-order valence-electron chi connectivity index (χ4n) is 2.03. The van der Waals surface area contributed by atoms with Crippen LogP contribution in [0.2, 0.25) is 0 Å². The smallest absolute Gasteiger partial charge is 0.412 e. The van der Waals surface area contributed by atoms with Crippen LogP contribution >= 0.6 is 0 Å². The van der Waals surface area contributed by atoms with Crippen LogP contribution in [0.15, 0.2) is 66.5 Å². The molecule has 0 atom stereocenters. The van der Waals surface area contributed by atoms with Crippen LogP contribution < -0.4 is 10.6 Å². The van der Waals surface area contributed by atoms with Gasteiger partial charge < -0.3 is 14.8 Å². The van der Waals surface area contributed by atoms with Crippen molar-refractivity contribution in [2.24, 2.45) is 0 Å². The lowest BCUT2D eigenvalue weighted by Gasteiger charge is -2.10. The van der Waals surface area contributed by atoms with E-state index in [0.29, 0.717) is 0 Å². The number of nitrogens with one attached hydrogen (secondary N) is 2. The number of esters is 1. The minimum Gasteiger partial charge on any atom is -0.464 e. The Morgan fingerprint density at radius 3 is 2.44 bits per heavy atom. The number of rotatable bonds is 7. The van der Waals surface area contributed by atoms with Gasteiger partial charge in [-0.15, -0.1) is 0 Å². The molecule has 0 aliphatic carbocycles. The summed E-state index contributed by atoms with van der Waals surface area (Å²) in [5.41, 5.74) is 0.455. The number of nitrogens with zero attached hydrogens (tertiary/aromatic N) is 1. The van der Waals surface area contributed by atoms with Crippen LogP contribution in [0.5, 0.6) is 0 Å². The molecule has 0 radical (unpaired) electrons. The van der Waals surface area contributed by atoms with Crippen molar-refractivity contribution in [2.45, 2.75) is 6.61 Å². The zero-order valence-corrected chi connectivity index (χ0v) is 14.4. The summed E-state index contributed by atoms with van der Waals surface area (Å²) in [7, 11) is 1.14. The molecule has 0 aromatic heterocycles. The van der Waals surface area contributed by atoms with Crippen molar-refractivity contribution in [3.05, 3.63) is 82.2 Å². The number of hydrogen-bond donors (Lipinski definition) is 2. The Morgan fingerprint density at radius 1 is 1.11 bits per heavy atom. The second-order valence-corrected chi connectivity index (χ2v) is 5.15. The molecule has 0 unspecified atom stereocenters. The number of carbonyl (C=O) groups is 2. The molecule has 0 saturated carbocycles. The monoisotopic (exact) mass is 371 g/mol. The van der Waals surface area contributed by atoms with Crippen LogP contribution in [0.1, 0.15) is 5.56 Å². The summed E-state index contributed by atoms with van der Waals surface area (Å²) in [5, 5.41) is 15.9. The van der Waals surface area contributed by atoms with E-state index in [1.807, 2.05) is 6.07 Å². The lowest BCUT2D eigenvalue weighted by molar-refractivity contribution is -0.383. The average Bonchev–Trinajstić information content (AvgIpc) is 2.69. The number of hydrogen-bond acceptors (Lipinski definition) is 7. The van der Waals surface area contributed by atoms with E-state index in [4.69, 9.17) is 4.74 Å². The lowest BCUT2D eigenvalue weighted by atomic mass is 10.2. The topological polar surface area (TPSA) is 120 Å². The van der Waals surface area contributed by atoms with Crippen molar-refractivity contribution in [2.75, 3.05) is 12.4 Å². The Kier molecular flexibility index (Phi) is 6.89. The molecule has 27 heavy (non-hydrogen) atoms. The van der Waals surface area contributed by atoms with Crippen LogP contribution in [-0.2, 0) is 20.9 Å². The van der Waals surface area contributed by atoms with Gasteiger partial charge in [-0.3, -0.25) is 15.4 Å². The minimum atomic E-state index is -0.875. The largest absolute Gasteiger partial charge is 0.464 e. The Labute approximate surface area is 154 Å². The molecule has 2 rings (SSSR count). The summed E-state index contributed by atoms with van der Waals surface area (Å²) in [6.45, 7) is 0.0126. The third kappa shape index (κ3) is 5.85. The first-order valence-corrected chi connectivity index (χ1v) is 7.77. The number of para-hydroxylation sites is 2. The summed E-state index contributed by atoms with van der Waals surface area (Å²) in [4.78, 5) is 34.2. The fraction of sp³-hybridized carbons (Fsp3) is 0.111. The quantitative estimate of drug-likeness (QED) is 0.332. The van der Waals surface area contributed by atoms with Crippen molar-refractivity contribution in [1.82, 2.24) is 5.32 Å². The number of amides is 1. The highest BCUT2D eigenvalue weighted by Gasteiger charge is 2.16. The Morgan fingerprint density at radius 2 is 1.78 bits per heavy atom. The van der Waals surface area contributed by atoms with Crippen LogP contribution in [0, 0.1) is 10.1 Å². The second-order valence-electron chi connectivity index (χ2n) is 5.15. The molecule has 2 aromatic rings. The van der Waals surface area contributed by atoms with Crippen molar-refractivity contribution in [3.8, 4) is 0 Å². The molecule has 0 saturated heterocycles. The highest BCUT2D eigenvalue weighted by molar-refractivity contribution is 5.92. The van der Waals surface area contributed by atoms with Crippen molar-refractivity contribution in [1.29, 1.82) is 0 Å². The van der Waals surface area contributed by atoms with Crippen molar-refractivity contribution >= 4 is 23.4 Å². The van der Waals surface area contributed by atoms with Crippen LogP contribution in [0.25, 0.3) is 0 Å². The highest BCUT2D eigenvalue weighted by Crippen LogP contribution is 2.23. The first-order valence-electron chi connectivity index (χ1n) is 7.77. The summed E-state index contributed by atoms with van der Waals surface area (Å²) < 4.78 is 9.62. The molecule has 2 N–H and O–H groups in total. The van der Waals surface area contributed by atoms with Gasteiger partial charge in [0.25, 0.3) is 5.69 Å². The van der Waals surface area contributed by atoms with Crippen molar-refractivity contribution in [3.63, 3.8) is 0 Å². The number of ether oxygens (including phenoxy) is 2. The predicted molar refractivity (Wildman–Crippen MR) is 96.6 cm³/mol. The van der Waals surface area contributed by atoms with E-state index in [1.54, 1.807) is 30.3 Å². The van der Waals surface area contributed by atoms with E-state index in [1.165, 1.54) is 18.2 Å². The van der Waals surface area contributed by atoms with E-state index in [9.17, 15) is 19.7 Å². The van der Waals surface area contributed by atoms with Gasteiger partial charge in [0, 0.05) is 12.3 Å². The number of methoxy groups -OCH3 is 1. The summed E-state index contributed by atoms with van der Waals surface area (Å²) in [6.07, 6.45) is 0.220. The van der Waals surface area contributed by atoms with E-state index in [0.717, 1.165) is 18.9 Å². The van der Waals surface area contributed by atoms with Crippen LogP contribution in [-0.4, -0.2) is 24.1 Å². The van der Waals surface area contributed by atoms with E-state index >= 15 is 0 Å². The van der Waals surface area contributed by atoms with Gasteiger partial charge >= 0.3 is 12.1 Å². The molecular formula is C18H17N3O6. The molecule has 0 spiro atoms. The average molecular weight is 371 g/mol. The first-order chi connectivity index (χ1) is 13.0. The summed E-state index contributed by atoms with van der Waals surface area (Å²) in [6, 6.07) is 14.8. The zero-order valence-electron chi connectivity index (χ0n) is 14.4. The molecule has 140 valence electrons. The lowest BCUT2D eigenvalue weighted by Crippen LogP contribution is -2.29. The van der Waals surface area contributed by atoms with Gasteiger partial charge in [0.1, 0.15) is 18.0 Å². The Balaban J connectivity index is 2.06. The normalized spacial score (nSPS) is 10.6. The molecule has 0 bridgehead atoms. The predicted octanol–water partition coefficient (Wildman–Crippen LogP) is 2.95.